The molecule has 0 bridgehead atoms. The van der Waals surface area contributed by atoms with Gasteiger partial charge < -0.3 is 10.6 Å². The van der Waals surface area contributed by atoms with E-state index in [0.717, 1.165) is 23.6 Å². The number of fused-ring (bicyclic) bond motifs is 1. The van der Waals surface area contributed by atoms with Crippen molar-refractivity contribution >= 4 is 29.0 Å². The lowest BCUT2D eigenvalue weighted by Gasteiger charge is -2.14. The van der Waals surface area contributed by atoms with Crippen LogP contribution in [-0.2, 0) is 12.2 Å². The minimum Gasteiger partial charge on any atom is -0.336 e. The maximum Gasteiger partial charge on any atom is 0.264 e. The van der Waals surface area contributed by atoms with Crippen LogP contribution < -0.4 is 5.73 Å². The fourth-order valence-corrected chi connectivity index (χ4v) is 4.91. The molecule has 3 rings (SSSR count). The van der Waals surface area contributed by atoms with E-state index < -0.39 is 0 Å². The molecule has 98 valence electrons. The second-order valence-electron chi connectivity index (χ2n) is 5.21. The lowest BCUT2D eigenvalue weighted by molar-refractivity contribution is 0.0791. The van der Waals surface area contributed by atoms with Crippen LogP contribution >= 0.6 is 23.1 Å². The summed E-state index contributed by atoms with van der Waals surface area (Å²) in [6, 6.07) is 2.24. The summed E-state index contributed by atoms with van der Waals surface area (Å²) >= 11 is 3.64. The van der Waals surface area contributed by atoms with Crippen molar-refractivity contribution < 1.29 is 4.79 Å². The summed E-state index contributed by atoms with van der Waals surface area (Å²) in [7, 11) is 0. The Balaban J connectivity index is 1.78. The molecule has 3 heterocycles. The average Bonchev–Trinajstić information content (AvgIpc) is 2.93. The fraction of sp³-hybridized carbons (Fsp3) is 0.615. The van der Waals surface area contributed by atoms with Gasteiger partial charge in [-0.25, -0.2) is 0 Å². The van der Waals surface area contributed by atoms with Crippen LogP contribution in [0.4, 0.5) is 0 Å². The van der Waals surface area contributed by atoms with Crippen molar-refractivity contribution in [3.63, 3.8) is 0 Å². The molecule has 0 spiro atoms. The zero-order valence-corrected chi connectivity index (χ0v) is 12.1. The zero-order valence-electron chi connectivity index (χ0n) is 10.5. The Hall–Kier alpha value is -0.520. The highest BCUT2D eigenvalue weighted by molar-refractivity contribution is 7.98. The summed E-state index contributed by atoms with van der Waals surface area (Å²) in [5.41, 5.74) is 7.36. The van der Waals surface area contributed by atoms with Gasteiger partial charge in [-0.1, -0.05) is 6.92 Å². The molecule has 2 atom stereocenters. The van der Waals surface area contributed by atoms with Crippen molar-refractivity contribution in [2.75, 3.05) is 18.8 Å². The molecule has 1 saturated heterocycles. The zero-order chi connectivity index (χ0) is 12.7. The number of nitrogens with two attached hydrogens (primary N) is 1. The number of rotatable bonds is 1. The number of hydrogen-bond donors (Lipinski definition) is 1. The van der Waals surface area contributed by atoms with Crippen LogP contribution in [0.3, 0.4) is 0 Å². The van der Waals surface area contributed by atoms with E-state index in [1.807, 2.05) is 16.7 Å². The molecule has 1 amide bonds. The molecule has 1 aromatic rings. The molecule has 18 heavy (non-hydrogen) atoms. The highest BCUT2D eigenvalue weighted by Gasteiger charge is 2.31. The van der Waals surface area contributed by atoms with Crippen molar-refractivity contribution in [1.82, 2.24) is 4.90 Å². The molecule has 5 heteroatoms. The third kappa shape index (κ3) is 2.19. The maximum atomic E-state index is 12.4. The molecule has 0 saturated carbocycles. The van der Waals surface area contributed by atoms with Crippen LogP contribution in [0.5, 0.6) is 0 Å². The Morgan fingerprint density at radius 2 is 2.33 bits per heavy atom. The minimum atomic E-state index is 0.138. The Labute approximate surface area is 116 Å². The van der Waals surface area contributed by atoms with E-state index in [2.05, 4.69) is 13.0 Å². The molecule has 0 aliphatic carbocycles. The van der Waals surface area contributed by atoms with Gasteiger partial charge in [-0.3, -0.25) is 4.79 Å². The van der Waals surface area contributed by atoms with Crippen LogP contribution in [0.2, 0.25) is 0 Å². The summed E-state index contributed by atoms with van der Waals surface area (Å²) < 4.78 is 0. The highest BCUT2D eigenvalue weighted by atomic mass is 32.2. The molecule has 3 nitrogen and oxygen atoms in total. The topological polar surface area (TPSA) is 46.3 Å². The molecule has 0 radical (unpaired) electrons. The van der Waals surface area contributed by atoms with Crippen molar-refractivity contribution in [2.45, 2.75) is 25.1 Å². The van der Waals surface area contributed by atoms with E-state index in [0.29, 0.717) is 12.5 Å². The van der Waals surface area contributed by atoms with Crippen LogP contribution in [0.15, 0.2) is 6.07 Å². The first kappa shape index (κ1) is 12.5. The van der Waals surface area contributed by atoms with Gasteiger partial charge in [-0.15, -0.1) is 11.3 Å². The summed E-state index contributed by atoms with van der Waals surface area (Å²) in [4.78, 5) is 16.7. The molecule has 1 aromatic heterocycles. The van der Waals surface area contributed by atoms with Gasteiger partial charge in [0.25, 0.3) is 5.91 Å². The first-order chi connectivity index (χ1) is 8.65. The Morgan fingerprint density at radius 3 is 3.00 bits per heavy atom. The van der Waals surface area contributed by atoms with Gasteiger partial charge in [0.15, 0.2) is 0 Å². The van der Waals surface area contributed by atoms with Gasteiger partial charge in [-0.2, -0.15) is 11.8 Å². The van der Waals surface area contributed by atoms with E-state index in [-0.39, 0.29) is 11.9 Å². The van der Waals surface area contributed by atoms with Crippen LogP contribution in [0.25, 0.3) is 0 Å². The van der Waals surface area contributed by atoms with Crippen LogP contribution in [-0.4, -0.2) is 35.7 Å². The number of aryl methyl sites for hydroxylation is 1. The predicted octanol–water partition coefficient (Wildman–Crippen LogP) is 1.96. The maximum absolute atomic E-state index is 12.4. The lowest BCUT2D eigenvalue weighted by Crippen LogP contribution is -2.31. The number of hydrogen-bond acceptors (Lipinski definition) is 4. The number of carbonyl (C=O) groups excluding carboxylic acids is 1. The van der Waals surface area contributed by atoms with Gasteiger partial charge in [-0.05, 0) is 29.7 Å². The third-order valence-electron chi connectivity index (χ3n) is 3.80. The normalized spacial score (nSPS) is 27.3. The summed E-state index contributed by atoms with van der Waals surface area (Å²) in [6.45, 7) is 3.63. The Bertz CT molecular complexity index is 438. The first-order valence-corrected chi connectivity index (χ1v) is 8.36. The van der Waals surface area contributed by atoms with Crippen LogP contribution in [0.1, 0.15) is 27.0 Å². The number of thioether (sulfide) groups is 1. The molecule has 1 fully saturated rings. The van der Waals surface area contributed by atoms with Gasteiger partial charge in [0.1, 0.15) is 0 Å². The van der Waals surface area contributed by atoms with Crippen molar-refractivity contribution in [3.8, 4) is 0 Å². The molecule has 2 N–H and O–H groups in total. The number of amides is 1. The minimum absolute atomic E-state index is 0.138. The largest absolute Gasteiger partial charge is 0.336 e. The van der Waals surface area contributed by atoms with Gasteiger partial charge >= 0.3 is 0 Å². The number of thiophene rings is 1. The van der Waals surface area contributed by atoms with Gasteiger partial charge in [0, 0.05) is 29.8 Å². The molecular weight excluding hydrogens is 264 g/mol. The van der Waals surface area contributed by atoms with Crippen molar-refractivity contribution in [2.24, 2.45) is 11.7 Å². The monoisotopic (exact) mass is 282 g/mol. The highest BCUT2D eigenvalue weighted by Crippen LogP contribution is 2.32. The molecule has 2 aliphatic heterocycles. The second kappa shape index (κ2) is 4.87. The first-order valence-electron chi connectivity index (χ1n) is 6.39. The molecule has 0 aromatic carbocycles. The van der Waals surface area contributed by atoms with E-state index in [1.54, 1.807) is 11.3 Å². The molecular formula is C13H18N2OS2. The quantitative estimate of drug-likeness (QED) is 0.856. The SMILES string of the molecule is CC1CN(C(=O)c2cc3c(s2)CCSC3)CC1N. The van der Waals surface area contributed by atoms with Crippen molar-refractivity contribution in [1.29, 1.82) is 0 Å². The van der Waals surface area contributed by atoms with E-state index >= 15 is 0 Å². The second-order valence-corrected chi connectivity index (χ2v) is 7.45. The van der Waals surface area contributed by atoms with Gasteiger partial charge in [0.2, 0.25) is 0 Å². The number of nitrogens with zero attached hydrogens (tertiary/aromatic N) is 1. The third-order valence-corrected chi connectivity index (χ3v) is 6.03. The summed E-state index contributed by atoms with van der Waals surface area (Å²) in [6.07, 6.45) is 1.12. The van der Waals surface area contributed by atoms with E-state index in [4.69, 9.17) is 5.73 Å². The summed E-state index contributed by atoms with van der Waals surface area (Å²) in [5, 5.41) is 0. The lowest BCUT2D eigenvalue weighted by atomic mass is 10.1. The fourth-order valence-electron chi connectivity index (χ4n) is 2.57. The average molecular weight is 282 g/mol. The van der Waals surface area contributed by atoms with Crippen LogP contribution in [0, 0.1) is 5.92 Å². The Kier molecular flexibility index (Phi) is 3.38. The Morgan fingerprint density at radius 1 is 1.50 bits per heavy atom. The smallest absolute Gasteiger partial charge is 0.264 e. The van der Waals surface area contributed by atoms with E-state index in [1.165, 1.54) is 16.2 Å². The van der Waals surface area contributed by atoms with Gasteiger partial charge in [0.05, 0.1) is 4.88 Å². The van der Waals surface area contributed by atoms with E-state index in [9.17, 15) is 4.79 Å². The predicted molar refractivity (Wildman–Crippen MR) is 77.2 cm³/mol. The summed E-state index contributed by atoms with van der Waals surface area (Å²) in [5.74, 6) is 2.85. The standard InChI is InChI=1S/C13H18N2OS2/c1-8-5-15(6-10(8)14)13(16)12-4-9-7-17-3-2-11(9)18-12/h4,8,10H,2-3,5-7,14H2,1H3. The van der Waals surface area contributed by atoms with Crippen molar-refractivity contribution in [3.05, 3.63) is 21.4 Å². The molecule has 2 unspecified atom stereocenters. The number of likely N-dealkylation sites (tertiary alicyclic amines) is 1. The molecule has 2 aliphatic rings. The number of carbonyl (C=O) groups is 1.